The van der Waals surface area contributed by atoms with Gasteiger partial charge in [-0.05, 0) is 25.0 Å². The summed E-state index contributed by atoms with van der Waals surface area (Å²) >= 11 is 6.02. The van der Waals surface area contributed by atoms with Crippen molar-refractivity contribution in [2.75, 3.05) is 18.0 Å². The van der Waals surface area contributed by atoms with Crippen LogP contribution in [0.25, 0.3) is 0 Å². The number of hydrogen-bond acceptors (Lipinski definition) is 2. The molecule has 19 heavy (non-hydrogen) atoms. The summed E-state index contributed by atoms with van der Waals surface area (Å²) in [5, 5.41) is 9.63. The lowest BCUT2D eigenvalue weighted by Gasteiger charge is -2.28. The first kappa shape index (κ1) is 15.8. The Bertz CT molecular complexity index is 430. The van der Waals surface area contributed by atoms with Crippen LogP contribution < -0.4 is 4.90 Å². The highest BCUT2D eigenvalue weighted by molar-refractivity contribution is 6.34. The van der Waals surface area contributed by atoms with Gasteiger partial charge in [0.2, 0.25) is 0 Å². The lowest BCUT2D eigenvalue weighted by atomic mass is 10.0. The predicted octanol–water partition coefficient (Wildman–Crippen LogP) is 4.30. The van der Waals surface area contributed by atoms with Gasteiger partial charge in [-0.2, -0.15) is 0 Å². The zero-order chi connectivity index (χ0) is 14.4. The first-order valence-electron chi connectivity index (χ1n) is 6.81. The topological polar surface area (TPSA) is 40.5 Å². The van der Waals surface area contributed by atoms with Gasteiger partial charge in [0.25, 0.3) is 0 Å². The molecule has 1 N–H and O–H groups in total. The zero-order valence-corrected chi connectivity index (χ0v) is 12.6. The van der Waals surface area contributed by atoms with E-state index in [-0.39, 0.29) is 5.56 Å². The van der Waals surface area contributed by atoms with Crippen LogP contribution in [-0.4, -0.2) is 24.2 Å². The van der Waals surface area contributed by atoms with Crippen LogP contribution in [-0.2, 0) is 0 Å². The van der Waals surface area contributed by atoms with Gasteiger partial charge < -0.3 is 10.0 Å². The standard InChI is InChI=1S/C15H22ClNO2/c1-4-11(5-2)10-17(6-3)13-9-7-8-12(16)14(13)15(18)19/h7-9,11H,4-6,10H2,1-3H3,(H,18,19). The minimum Gasteiger partial charge on any atom is -0.478 e. The summed E-state index contributed by atoms with van der Waals surface area (Å²) in [5.74, 6) is -0.399. The van der Waals surface area contributed by atoms with E-state index in [1.165, 1.54) is 0 Å². The summed E-state index contributed by atoms with van der Waals surface area (Å²) in [7, 11) is 0. The van der Waals surface area contributed by atoms with Crippen LogP contribution in [0.1, 0.15) is 44.0 Å². The maximum atomic E-state index is 11.4. The second-order valence-corrected chi connectivity index (χ2v) is 5.07. The molecule has 0 unspecified atom stereocenters. The summed E-state index contributed by atoms with van der Waals surface area (Å²) < 4.78 is 0. The van der Waals surface area contributed by atoms with Gasteiger partial charge in [-0.25, -0.2) is 4.79 Å². The van der Waals surface area contributed by atoms with Crippen LogP contribution in [0.15, 0.2) is 18.2 Å². The maximum absolute atomic E-state index is 11.4. The second kappa shape index (κ2) is 7.39. The van der Waals surface area contributed by atoms with Crippen molar-refractivity contribution in [3.63, 3.8) is 0 Å². The molecule has 0 atom stereocenters. The number of carboxylic acid groups (broad SMARTS) is 1. The van der Waals surface area contributed by atoms with E-state index in [1.807, 2.05) is 13.0 Å². The molecule has 0 saturated carbocycles. The van der Waals surface area contributed by atoms with E-state index in [1.54, 1.807) is 12.1 Å². The van der Waals surface area contributed by atoms with Gasteiger partial charge in [0.05, 0.1) is 10.7 Å². The molecule has 0 aliphatic carbocycles. The van der Waals surface area contributed by atoms with Gasteiger partial charge in [0, 0.05) is 13.1 Å². The fourth-order valence-corrected chi connectivity index (χ4v) is 2.49. The fraction of sp³-hybridized carbons (Fsp3) is 0.533. The number of anilines is 1. The van der Waals surface area contributed by atoms with Gasteiger partial charge in [0.15, 0.2) is 0 Å². The molecule has 0 amide bonds. The van der Waals surface area contributed by atoms with Crippen molar-refractivity contribution in [1.29, 1.82) is 0 Å². The number of carbonyl (C=O) groups is 1. The highest BCUT2D eigenvalue weighted by atomic mass is 35.5. The Kier molecular flexibility index (Phi) is 6.16. The SMILES string of the molecule is CCC(CC)CN(CC)c1cccc(Cl)c1C(=O)O. The van der Waals surface area contributed by atoms with Crippen LogP contribution in [0.3, 0.4) is 0 Å². The molecule has 0 aliphatic rings. The summed E-state index contributed by atoms with van der Waals surface area (Å²) in [6, 6.07) is 5.26. The van der Waals surface area contributed by atoms with Crippen LogP contribution in [0.2, 0.25) is 5.02 Å². The summed E-state index contributed by atoms with van der Waals surface area (Å²) in [4.78, 5) is 13.5. The number of benzene rings is 1. The predicted molar refractivity (Wildman–Crippen MR) is 80.4 cm³/mol. The number of carboxylic acids is 1. The smallest absolute Gasteiger partial charge is 0.339 e. The quantitative estimate of drug-likeness (QED) is 0.811. The number of hydrogen-bond donors (Lipinski definition) is 1. The first-order valence-corrected chi connectivity index (χ1v) is 7.19. The normalized spacial score (nSPS) is 10.8. The molecule has 4 heteroatoms. The molecule has 0 radical (unpaired) electrons. The van der Waals surface area contributed by atoms with Crippen molar-refractivity contribution in [3.05, 3.63) is 28.8 Å². The number of nitrogens with zero attached hydrogens (tertiary/aromatic N) is 1. The van der Waals surface area contributed by atoms with Crippen molar-refractivity contribution in [3.8, 4) is 0 Å². The molecule has 0 spiro atoms. The molecule has 0 fully saturated rings. The van der Waals surface area contributed by atoms with Gasteiger partial charge >= 0.3 is 5.97 Å². The van der Waals surface area contributed by atoms with E-state index in [0.717, 1.165) is 31.6 Å². The fourth-order valence-electron chi connectivity index (χ4n) is 2.24. The van der Waals surface area contributed by atoms with Gasteiger partial charge in [-0.15, -0.1) is 0 Å². The Labute approximate surface area is 120 Å². The van der Waals surface area contributed by atoms with Crippen molar-refractivity contribution in [1.82, 2.24) is 0 Å². The van der Waals surface area contributed by atoms with Crippen molar-refractivity contribution in [2.24, 2.45) is 5.92 Å². The average molecular weight is 284 g/mol. The molecule has 1 rings (SSSR count). The third kappa shape index (κ3) is 3.87. The van der Waals surface area contributed by atoms with E-state index in [2.05, 4.69) is 18.7 Å². The Balaban J connectivity index is 3.11. The molecule has 0 heterocycles. The highest BCUT2D eigenvalue weighted by Gasteiger charge is 2.19. The monoisotopic (exact) mass is 283 g/mol. The summed E-state index contributed by atoms with van der Waals surface area (Å²) in [6.07, 6.45) is 2.19. The van der Waals surface area contributed by atoms with Crippen LogP contribution >= 0.6 is 11.6 Å². The molecule has 0 bridgehead atoms. The van der Waals surface area contributed by atoms with Crippen LogP contribution in [0.4, 0.5) is 5.69 Å². The third-order valence-corrected chi connectivity index (χ3v) is 3.88. The number of rotatable bonds is 7. The van der Waals surface area contributed by atoms with Gasteiger partial charge in [0.1, 0.15) is 5.56 Å². The highest BCUT2D eigenvalue weighted by Crippen LogP contribution is 2.28. The Morgan fingerprint density at radius 2 is 1.95 bits per heavy atom. The molecule has 1 aromatic carbocycles. The Morgan fingerprint density at radius 1 is 1.32 bits per heavy atom. The molecular formula is C15H22ClNO2. The molecular weight excluding hydrogens is 262 g/mol. The Morgan fingerprint density at radius 3 is 2.42 bits per heavy atom. The summed E-state index contributed by atoms with van der Waals surface area (Å²) in [5.41, 5.74) is 0.923. The van der Waals surface area contributed by atoms with E-state index < -0.39 is 5.97 Å². The minimum absolute atomic E-state index is 0.206. The molecule has 0 saturated heterocycles. The van der Waals surface area contributed by atoms with Crippen molar-refractivity contribution >= 4 is 23.3 Å². The molecule has 0 aliphatic heterocycles. The minimum atomic E-state index is -0.969. The largest absolute Gasteiger partial charge is 0.478 e. The first-order chi connectivity index (χ1) is 9.04. The number of aromatic carboxylic acids is 1. The lowest BCUT2D eigenvalue weighted by Crippen LogP contribution is -2.30. The summed E-state index contributed by atoms with van der Waals surface area (Å²) in [6.45, 7) is 8.01. The van der Waals surface area contributed by atoms with Crippen LogP contribution in [0, 0.1) is 5.92 Å². The average Bonchev–Trinajstić information content (AvgIpc) is 2.39. The zero-order valence-electron chi connectivity index (χ0n) is 11.8. The van der Waals surface area contributed by atoms with E-state index in [4.69, 9.17) is 11.6 Å². The van der Waals surface area contributed by atoms with Gasteiger partial charge in [-0.3, -0.25) is 0 Å². The maximum Gasteiger partial charge on any atom is 0.339 e. The molecule has 0 aromatic heterocycles. The van der Waals surface area contributed by atoms with E-state index >= 15 is 0 Å². The molecule has 1 aromatic rings. The van der Waals surface area contributed by atoms with Gasteiger partial charge in [-0.1, -0.05) is 44.4 Å². The lowest BCUT2D eigenvalue weighted by molar-refractivity contribution is 0.0697. The van der Waals surface area contributed by atoms with Crippen molar-refractivity contribution in [2.45, 2.75) is 33.6 Å². The van der Waals surface area contributed by atoms with Crippen LogP contribution in [0.5, 0.6) is 0 Å². The van der Waals surface area contributed by atoms with E-state index in [0.29, 0.717) is 10.9 Å². The number of halogens is 1. The molecule has 106 valence electrons. The van der Waals surface area contributed by atoms with E-state index in [9.17, 15) is 9.90 Å². The van der Waals surface area contributed by atoms with Crippen molar-refractivity contribution < 1.29 is 9.90 Å². The third-order valence-electron chi connectivity index (χ3n) is 3.56. The molecule has 3 nitrogen and oxygen atoms in total. The Hall–Kier alpha value is -1.22. The second-order valence-electron chi connectivity index (χ2n) is 4.66.